The number of fused-ring (bicyclic) bond motifs is 19. The van der Waals surface area contributed by atoms with E-state index in [4.69, 9.17) is 9.97 Å². The maximum absolute atomic E-state index is 5.84. The predicted molar refractivity (Wildman–Crippen MR) is 285 cm³/mol. The van der Waals surface area contributed by atoms with Crippen LogP contribution in [-0.4, -0.2) is 16.0 Å². The van der Waals surface area contributed by atoms with Gasteiger partial charge in [-0.1, -0.05) is 200 Å². The third-order valence-corrected chi connectivity index (χ3v) is 15.9. The second-order valence-electron chi connectivity index (χ2n) is 19.3. The summed E-state index contributed by atoms with van der Waals surface area (Å²) >= 11 is 0. The number of nitrogens with zero attached hydrogens (tertiary/aromatic N) is 3. The molecule has 0 amide bonds. The van der Waals surface area contributed by atoms with Crippen molar-refractivity contribution in [3.05, 3.63) is 264 Å². The topological polar surface area (TPSA) is 29.0 Å². The number of allylic oxidation sites excluding steroid dienone is 2. The van der Waals surface area contributed by atoms with Crippen LogP contribution < -0.4 is 4.90 Å². The van der Waals surface area contributed by atoms with E-state index in [2.05, 4.69) is 248 Å². The van der Waals surface area contributed by atoms with Gasteiger partial charge in [0.05, 0.1) is 33.9 Å². The van der Waals surface area contributed by atoms with Crippen LogP contribution in [0.15, 0.2) is 237 Å². The average molecular weight is 878 g/mol. The van der Waals surface area contributed by atoms with E-state index < -0.39 is 5.41 Å². The Morgan fingerprint density at radius 1 is 0.391 bits per heavy atom. The molecule has 3 aliphatic carbocycles. The smallest absolute Gasteiger partial charge is 0.0979 e. The Kier molecular flexibility index (Phi) is 7.90. The van der Waals surface area contributed by atoms with Crippen molar-refractivity contribution in [1.82, 2.24) is 9.97 Å². The Bertz CT molecular complexity index is 4000. The number of para-hydroxylation sites is 1. The van der Waals surface area contributed by atoms with Gasteiger partial charge in [-0.15, -0.1) is 0 Å². The van der Waals surface area contributed by atoms with E-state index in [1.165, 1.54) is 77.8 Å². The van der Waals surface area contributed by atoms with Gasteiger partial charge < -0.3 is 4.90 Å². The summed E-state index contributed by atoms with van der Waals surface area (Å²) in [6.45, 7) is 2.38. The van der Waals surface area contributed by atoms with Crippen LogP contribution in [0, 0.1) is 0 Å². The van der Waals surface area contributed by atoms with Gasteiger partial charge in [-0.3, -0.25) is 0 Å². The second kappa shape index (κ2) is 14.2. The summed E-state index contributed by atoms with van der Waals surface area (Å²) < 4.78 is 0. The van der Waals surface area contributed by atoms with Crippen LogP contribution in [0.25, 0.3) is 88.5 Å². The maximum atomic E-state index is 5.84. The summed E-state index contributed by atoms with van der Waals surface area (Å²) in [4.78, 5) is 14.1. The summed E-state index contributed by atoms with van der Waals surface area (Å²) in [5.74, 6) is 0. The molecule has 4 aliphatic rings. The molecule has 0 saturated heterocycles. The summed E-state index contributed by atoms with van der Waals surface area (Å²) in [5, 5.41) is 4.56. The van der Waals surface area contributed by atoms with Gasteiger partial charge in [0.15, 0.2) is 0 Å². The van der Waals surface area contributed by atoms with Crippen molar-refractivity contribution in [1.29, 1.82) is 0 Å². The van der Waals surface area contributed by atoms with Gasteiger partial charge in [-0.05, 0) is 115 Å². The first-order valence-electron chi connectivity index (χ1n) is 24.1. The van der Waals surface area contributed by atoms with Crippen molar-refractivity contribution in [2.75, 3.05) is 4.90 Å². The molecule has 1 aliphatic heterocycles. The molecule has 15 rings (SSSR count). The molecule has 69 heavy (non-hydrogen) atoms. The number of hydrogen-bond acceptors (Lipinski definition) is 3. The van der Waals surface area contributed by atoms with Crippen LogP contribution in [0.3, 0.4) is 0 Å². The van der Waals surface area contributed by atoms with Crippen LogP contribution >= 0.6 is 0 Å². The highest BCUT2D eigenvalue weighted by Gasteiger charge is 2.52. The number of hydrogen-bond donors (Lipinski definition) is 0. The summed E-state index contributed by atoms with van der Waals surface area (Å²) in [6, 6.07) is 78.5. The minimum absolute atomic E-state index is 0.174. The zero-order valence-electron chi connectivity index (χ0n) is 37.9. The molecule has 11 aromatic rings. The molecule has 10 aromatic carbocycles. The van der Waals surface area contributed by atoms with Gasteiger partial charge in [0.2, 0.25) is 0 Å². The fourth-order valence-corrected chi connectivity index (χ4v) is 12.9. The summed E-state index contributed by atoms with van der Waals surface area (Å²) in [6.07, 6.45) is 9.13. The van der Waals surface area contributed by atoms with Crippen molar-refractivity contribution in [2.45, 2.75) is 23.8 Å². The van der Waals surface area contributed by atoms with Crippen molar-refractivity contribution in [3.8, 4) is 55.9 Å². The van der Waals surface area contributed by atoms with Crippen molar-refractivity contribution < 1.29 is 0 Å². The fraction of sp³-hybridized carbons (Fsp3) is 0.0606. The molecule has 3 nitrogen and oxygen atoms in total. The molecule has 0 bridgehead atoms. The Labute approximate surface area is 401 Å². The molecule has 322 valence electrons. The van der Waals surface area contributed by atoms with Crippen LogP contribution in [-0.2, 0) is 10.8 Å². The van der Waals surface area contributed by atoms with Gasteiger partial charge in [-0.25, -0.2) is 9.97 Å². The normalized spacial score (nSPS) is 17.5. The number of benzene rings is 10. The molecule has 2 heterocycles. The fourth-order valence-electron chi connectivity index (χ4n) is 12.9. The first-order valence-corrected chi connectivity index (χ1v) is 24.1. The summed E-state index contributed by atoms with van der Waals surface area (Å²) in [5.41, 5.74) is 21.4. The lowest BCUT2D eigenvalue weighted by atomic mass is 9.70. The van der Waals surface area contributed by atoms with E-state index in [0.717, 1.165) is 49.9 Å². The van der Waals surface area contributed by atoms with E-state index in [-0.39, 0.29) is 11.5 Å². The molecule has 0 saturated carbocycles. The SMILES string of the molecule is CC12C=CC=CC1N(c1ccccc1)c1ccc(-c3cccc(-c4nc5c6ccccc6c6ccccc6c5nc4-c4ccc5c(c4)C4(c6ccccc6-c6ccccc64)c4ccccc4-5)c3)cc12. The lowest BCUT2D eigenvalue weighted by Gasteiger charge is -2.34. The van der Waals surface area contributed by atoms with Crippen molar-refractivity contribution in [3.63, 3.8) is 0 Å². The highest BCUT2D eigenvalue weighted by molar-refractivity contribution is 6.23. The van der Waals surface area contributed by atoms with Crippen molar-refractivity contribution >= 4 is 44.0 Å². The third-order valence-electron chi connectivity index (χ3n) is 15.9. The zero-order chi connectivity index (χ0) is 45.4. The van der Waals surface area contributed by atoms with Gasteiger partial charge in [0, 0.05) is 38.7 Å². The van der Waals surface area contributed by atoms with E-state index >= 15 is 0 Å². The molecular formula is C66H43N3. The minimum Gasteiger partial charge on any atom is -0.333 e. The van der Waals surface area contributed by atoms with Gasteiger partial charge in [0.25, 0.3) is 0 Å². The first kappa shape index (κ1) is 38.4. The summed E-state index contributed by atoms with van der Waals surface area (Å²) in [7, 11) is 0. The van der Waals surface area contributed by atoms with Crippen LogP contribution in [0.4, 0.5) is 11.4 Å². The molecule has 0 fully saturated rings. The molecule has 0 radical (unpaired) electrons. The molecule has 2 unspecified atom stereocenters. The maximum Gasteiger partial charge on any atom is 0.0979 e. The number of aromatic nitrogens is 2. The third kappa shape index (κ3) is 5.17. The van der Waals surface area contributed by atoms with Crippen LogP contribution in [0.5, 0.6) is 0 Å². The number of rotatable bonds is 4. The average Bonchev–Trinajstić information content (AvgIpc) is 3.99. The van der Waals surface area contributed by atoms with Crippen LogP contribution in [0.2, 0.25) is 0 Å². The lowest BCUT2D eigenvalue weighted by molar-refractivity contribution is 0.551. The molecule has 0 N–H and O–H groups in total. The largest absolute Gasteiger partial charge is 0.333 e. The highest BCUT2D eigenvalue weighted by Crippen LogP contribution is 2.63. The van der Waals surface area contributed by atoms with E-state index in [0.29, 0.717) is 0 Å². The minimum atomic E-state index is -0.481. The zero-order valence-corrected chi connectivity index (χ0v) is 37.9. The van der Waals surface area contributed by atoms with Gasteiger partial charge in [0.1, 0.15) is 0 Å². The van der Waals surface area contributed by atoms with E-state index in [9.17, 15) is 0 Å². The molecule has 3 heteroatoms. The molecule has 1 spiro atoms. The number of anilines is 2. The Hall–Kier alpha value is -8.66. The first-order chi connectivity index (χ1) is 34.1. The van der Waals surface area contributed by atoms with E-state index in [1.807, 2.05) is 0 Å². The van der Waals surface area contributed by atoms with Crippen molar-refractivity contribution in [2.24, 2.45) is 0 Å². The predicted octanol–water partition coefficient (Wildman–Crippen LogP) is 16.2. The quantitative estimate of drug-likeness (QED) is 0.165. The van der Waals surface area contributed by atoms with E-state index in [1.54, 1.807) is 0 Å². The Morgan fingerprint density at radius 3 is 1.52 bits per heavy atom. The Morgan fingerprint density at radius 2 is 0.884 bits per heavy atom. The highest BCUT2D eigenvalue weighted by atomic mass is 15.2. The molecule has 1 aromatic heterocycles. The second-order valence-corrected chi connectivity index (χ2v) is 19.3. The molecular weight excluding hydrogens is 835 g/mol. The standard InChI is InChI=1S/C66H43N3/c1-65-37-16-15-32-60(65)69(45-20-3-2-4-21-45)59-36-34-42(39-58(59)65)41-18-17-19-43(38-41)61-62(68-64-53-28-8-6-23-47(53)46-22-5-7-27-52(46)63(64)67-61)44-33-35-51-50-26-11-14-31-56(50)66(57(51)40-44)54-29-12-9-24-48(54)49-25-10-13-30-55(49)66/h2-40,60H,1H3. The van der Waals surface area contributed by atoms with Crippen LogP contribution in [0.1, 0.15) is 34.7 Å². The Balaban J connectivity index is 0.970. The molecule has 2 atom stereocenters. The van der Waals surface area contributed by atoms with Gasteiger partial charge >= 0.3 is 0 Å². The van der Waals surface area contributed by atoms with Gasteiger partial charge in [-0.2, -0.15) is 0 Å². The lowest BCUT2D eigenvalue weighted by Crippen LogP contribution is -2.39. The monoisotopic (exact) mass is 877 g/mol.